The summed E-state index contributed by atoms with van der Waals surface area (Å²) in [7, 11) is 1.57. The van der Waals surface area contributed by atoms with Crippen LogP contribution in [0.2, 0.25) is 5.02 Å². The average molecular weight is 593 g/mol. The van der Waals surface area contributed by atoms with E-state index in [1.54, 1.807) is 55.6 Å². The molecule has 2 heterocycles. The molecule has 1 saturated heterocycles. The fourth-order valence-electron chi connectivity index (χ4n) is 4.75. The maximum Gasteiger partial charge on any atom is 0.247 e. The molecule has 4 aromatic rings. The molecule has 1 fully saturated rings. The first-order chi connectivity index (χ1) is 20.4. The lowest BCUT2D eigenvalue weighted by Crippen LogP contribution is -2.46. The molecule has 1 aromatic heterocycles. The zero-order chi connectivity index (χ0) is 29.5. The average Bonchev–Trinajstić information content (AvgIpc) is 3.70. The van der Waals surface area contributed by atoms with Crippen LogP contribution in [-0.2, 0) is 27.4 Å². The van der Waals surface area contributed by atoms with E-state index in [9.17, 15) is 14.0 Å². The van der Waals surface area contributed by atoms with Crippen LogP contribution >= 0.6 is 11.6 Å². The van der Waals surface area contributed by atoms with Gasteiger partial charge in [-0.1, -0.05) is 41.9 Å². The molecule has 218 valence electrons. The monoisotopic (exact) mass is 592 g/mol. The molecule has 5 rings (SSSR count). The Hall–Kier alpha value is -4.35. The fraction of sp³-hybridized carbons (Fsp3) is 0.300. The van der Waals surface area contributed by atoms with E-state index in [-0.39, 0.29) is 19.2 Å². The van der Waals surface area contributed by atoms with Crippen molar-refractivity contribution in [1.82, 2.24) is 30.4 Å². The molecular weight excluding hydrogens is 563 g/mol. The lowest BCUT2D eigenvalue weighted by atomic mass is 10.0. The van der Waals surface area contributed by atoms with Crippen LogP contribution in [0.4, 0.5) is 4.39 Å². The highest BCUT2D eigenvalue weighted by molar-refractivity contribution is 6.31. The number of carbonyl (C=O) groups excluding carboxylic acids is 2. The molecule has 0 unspecified atom stereocenters. The Morgan fingerprint density at radius 2 is 1.90 bits per heavy atom. The number of benzene rings is 3. The van der Waals surface area contributed by atoms with Crippen molar-refractivity contribution < 1.29 is 23.5 Å². The Morgan fingerprint density at radius 1 is 1.14 bits per heavy atom. The number of tetrazole rings is 1. The van der Waals surface area contributed by atoms with Crippen molar-refractivity contribution >= 4 is 23.4 Å². The summed E-state index contributed by atoms with van der Waals surface area (Å²) < 4.78 is 24.7. The SMILES string of the molecule is COc1ccc(-c2nnn(CC(=O)N(Cc3ccccc3Cl)[C@@H](C(=O)NC[C@H]3CCCO3)c3ccc(F)cc3)n2)cc1. The minimum atomic E-state index is -1.10. The molecule has 0 spiro atoms. The smallest absolute Gasteiger partial charge is 0.247 e. The molecule has 0 saturated carbocycles. The number of hydrogen-bond acceptors (Lipinski definition) is 7. The standard InChI is InChI=1S/C30H30ClFN6O4/c1-41-24-14-10-21(11-15-24)29-34-36-38(35-29)19-27(39)37(18-22-5-2-3-7-26(22)31)28(20-8-12-23(32)13-9-20)30(40)33-17-25-6-4-16-42-25/h2-3,5,7-15,25,28H,4,6,16-19H2,1H3,(H,33,40)/t25-,28-/m1/s1. The third-order valence-corrected chi connectivity index (χ3v) is 7.34. The van der Waals surface area contributed by atoms with Crippen LogP contribution in [0, 0.1) is 5.82 Å². The van der Waals surface area contributed by atoms with Gasteiger partial charge in [0.2, 0.25) is 17.6 Å². The van der Waals surface area contributed by atoms with Crippen LogP contribution in [0.3, 0.4) is 0 Å². The van der Waals surface area contributed by atoms with Crippen LogP contribution in [-0.4, -0.2) is 63.3 Å². The second kappa shape index (κ2) is 13.5. The molecule has 3 aromatic carbocycles. The quantitative estimate of drug-likeness (QED) is 0.278. The Balaban J connectivity index is 1.45. The summed E-state index contributed by atoms with van der Waals surface area (Å²) in [4.78, 5) is 30.3. The van der Waals surface area contributed by atoms with E-state index >= 15 is 0 Å². The van der Waals surface area contributed by atoms with Gasteiger partial charge in [0.25, 0.3) is 0 Å². The lowest BCUT2D eigenvalue weighted by molar-refractivity contribution is -0.142. The van der Waals surface area contributed by atoms with Crippen molar-refractivity contribution in [2.24, 2.45) is 0 Å². The Kier molecular flexibility index (Phi) is 9.40. The summed E-state index contributed by atoms with van der Waals surface area (Å²) in [5.74, 6) is -0.342. The number of carbonyl (C=O) groups is 2. The molecule has 0 bridgehead atoms. The number of hydrogen-bond donors (Lipinski definition) is 1. The van der Waals surface area contributed by atoms with E-state index in [1.807, 2.05) is 0 Å². The van der Waals surface area contributed by atoms with E-state index in [0.29, 0.717) is 46.4 Å². The number of amides is 2. The normalized spacial score (nSPS) is 15.3. The van der Waals surface area contributed by atoms with Gasteiger partial charge in [-0.2, -0.15) is 4.80 Å². The van der Waals surface area contributed by atoms with Gasteiger partial charge in [-0.05, 0) is 71.6 Å². The molecule has 10 nitrogen and oxygen atoms in total. The highest BCUT2D eigenvalue weighted by Crippen LogP contribution is 2.27. The van der Waals surface area contributed by atoms with Crippen molar-refractivity contribution in [2.45, 2.75) is 38.1 Å². The predicted molar refractivity (Wildman–Crippen MR) is 153 cm³/mol. The summed E-state index contributed by atoms with van der Waals surface area (Å²) in [6, 6.07) is 18.6. The van der Waals surface area contributed by atoms with E-state index in [0.717, 1.165) is 12.8 Å². The molecule has 12 heteroatoms. The van der Waals surface area contributed by atoms with Gasteiger partial charge in [-0.3, -0.25) is 9.59 Å². The van der Waals surface area contributed by atoms with Crippen molar-refractivity contribution in [1.29, 1.82) is 0 Å². The summed E-state index contributed by atoms with van der Waals surface area (Å²) in [5, 5.41) is 15.9. The van der Waals surface area contributed by atoms with Gasteiger partial charge in [-0.25, -0.2) is 4.39 Å². The molecule has 1 aliphatic rings. The Labute approximate surface area is 247 Å². The molecule has 1 aliphatic heterocycles. The first-order valence-corrected chi connectivity index (χ1v) is 13.9. The highest BCUT2D eigenvalue weighted by atomic mass is 35.5. The minimum absolute atomic E-state index is 0.00787. The molecule has 2 atom stereocenters. The van der Waals surface area contributed by atoms with E-state index < -0.39 is 23.7 Å². The van der Waals surface area contributed by atoms with Crippen LogP contribution < -0.4 is 10.1 Å². The summed E-state index contributed by atoms with van der Waals surface area (Å²) >= 11 is 6.47. The molecule has 0 aliphatic carbocycles. The van der Waals surface area contributed by atoms with Gasteiger partial charge in [-0.15, -0.1) is 10.2 Å². The van der Waals surface area contributed by atoms with Gasteiger partial charge >= 0.3 is 0 Å². The lowest BCUT2D eigenvalue weighted by Gasteiger charge is -2.32. The van der Waals surface area contributed by atoms with E-state index in [2.05, 4.69) is 20.7 Å². The Morgan fingerprint density at radius 3 is 2.60 bits per heavy atom. The second-order valence-electron chi connectivity index (χ2n) is 9.82. The number of aromatic nitrogens is 4. The first kappa shape index (κ1) is 29.2. The highest BCUT2D eigenvalue weighted by Gasteiger charge is 2.33. The zero-order valence-corrected chi connectivity index (χ0v) is 23.7. The maximum atomic E-state index is 14.0. The van der Waals surface area contributed by atoms with E-state index in [4.69, 9.17) is 21.1 Å². The summed E-state index contributed by atoms with van der Waals surface area (Å²) in [6.45, 7) is 0.640. The number of nitrogens with one attached hydrogen (secondary N) is 1. The summed E-state index contributed by atoms with van der Waals surface area (Å²) in [6.07, 6.45) is 1.65. The number of halogens is 2. The fourth-order valence-corrected chi connectivity index (χ4v) is 4.94. The van der Waals surface area contributed by atoms with E-state index in [1.165, 1.54) is 34.0 Å². The number of ether oxygens (including phenoxy) is 2. The van der Waals surface area contributed by atoms with Crippen LogP contribution in [0.15, 0.2) is 72.8 Å². The molecule has 2 amide bonds. The topological polar surface area (TPSA) is 111 Å². The Bertz CT molecular complexity index is 1510. The second-order valence-corrected chi connectivity index (χ2v) is 10.2. The zero-order valence-electron chi connectivity index (χ0n) is 23.0. The third-order valence-electron chi connectivity index (χ3n) is 6.97. The van der Waals surface area contributed by atoms with Crippen LogP contribution in [0.25, 0.3) is 11.4 Å². The predicted octanol–water partition coefficient (Wildman–Crippen LogP) is 4.21. The van der Waals surface area contributed by atoms with Gasteiger partial charge < -0.3 is 19.7 Å². The summed E-state index contributed by atoms with van der Waals surface area (Å²) in [5.41, 5.74) is 1.77. The molecule has 0 radical (unpaired) electrons. The van der Waals surface area contributed by atoms with Gasteiger partial charge in [0.15, 0.2) is 0 Å². The maximum absolute atomic E-state index is 14.0. The van der Waals surface area contributed by atoms with Gasteiger partial charge in [0.05, 0.1) is 13.2 Å². The van der Waals surface area contributed by atoms with Crippen molar-refractivity contribution in [3.8, 4) is 17.1 Å². The van der Waals surface area contributed by atoms with Crippen LogP contribution in [0.5, 0.6) is 5.75 Å². The third kappa shape index (κ3) is 7.10. The largest absolute Gasteiger partial charge is 0.497 e. The minimum Gasteiger partial charge on any atom is -0.497 e. The molecule has 1 N–H and O–H groups in total. The van der Waals surface area contributed by atoms with Gasteiger partial charge in [0, 0.05) is 30.3 Å². The number of methoxy groups -OCH3 is 1. The molecule has 42 heavy (non-hydrogen) atoms. The van der Waals surface area contributed by atoms with Crippen LogP contribution in [0.1, 0.15) is 30.0 Å². The first-order valence-electron chi connectivity index (χ1n) is 13.5. The van der Waals surface area contributed by atoms with Crippen molar-refractivity contribution in [3.63, 3.8) is 0 Å². The number of nitrogens with zero attached hydrogens (tertiary/aromatic N) is 5. The number of rotatable bonds is 11. The molecular formula is C30H30ClFN6O4. The van der Waals surface area contributed by atoms with Gasteiger partial charge in [0.1, 0.15) is 24.2 Å². The van der Waals surface area contributed by atoms with Crippen molar-refractivity contribution in [3.05, 3.63) is 94.8 Å². The van der Waals surface area contributed by atoms with Crippen molar-refractivity contribution in [2.75, 3.05) is 20.3 Å².